The molecular formula is C18H25N3OS. The van der Waals surface area contributed by atoms with Crippen molar-refractivity contribution in [3.63, 3.8) is 0 Å². The third kappa shape index (κ3) is 5.44. The van der Waals surface area contributed by atoms with E-state index in [1.54, 1.807) is 11.3 Å². The fourth-order valence-corrected chi connectivity index (χ4v) is 3.24. The van der Waals surface area contributed by atoms with Gasteiger partial charge in [0.25, 0.3) is 0 Å². The van der Waals surface area contributed by atoms with Crippen molar-refractivity contribution in [2.24, 2.45) is 11.7 Å². The first-order valence-corrected chi connectivity index (χ1v) is 8.95. The number of amides is 1. The second-order valence-electron chi connectivity index (χ2n) is 5.86. The van der Waals surface area contributed by atoms with Crippen LogP contribution in [0.5, 0.6) is 0 Å². The number of unbranched alkanes of at least 4 members (excludes halogenated alkanes) is 1. The minimum Gasteiger partial charge on any atom is -0.356 e. The molecule has 2 atom stereocenters. The van der Waals surface area contributed by atoms with Crippen molar-refractivity contribution in [1.82, 2.24) is 10.3 Å². The number of aromatic nitrogens is 1. The van der Waals surface area contributed by atoms with E-state index in [0.717, 1.165) is 30.5 Å². The highest BCUT2D eigenvalue weighted by Gasteiger charge is 2.21. The lowest BCUT2D eigenvalue weighted by molar-refractivity contribution is -0.125. The number of benzene rings is 1. The lowest BCUT2D eigenvalue weighted by atomic mass is 9.94. The van der Waals surface area contributed by atoms with Crippen LogP contribution in [-0.4, -0.2) is 17.4 Å². The summed E-state index contributed by atoms with van der Waals surface area (Å²) in [5.74, 6) is -0.217. The third-order valence-corrected chi connectivity index (χ3v) is 4.95. The van der Waals surface area contributed by atoms with Gasteiger partial charge in [-0.05, 0) is 31.7 Å². The van der Waals surface area contributed by atoms with E-state index in [0.29, 0.717) is 6.54 Å². The zero-order valence-electron chi connectivity index (χ0n) is 13.8. The normalized spacial score (nSPS) is 13.5. The van der Waals surface area contributed by atoms with E-state index >= 15 is 0 Å². The molecule has 0 aliphatic rings. The first-order chi connectivity index (χ1) is 11.1. The van der Waals surface area contributed by atoms with Crippen molar-refractivity contribution in [2.45, 2.75) is 39.2 Å². The first-order valence-electron chi connectivity index (χ1n) is 8.07. The lowest BCUT2D eigenvalue weighted by Crippen LogP contribution is -2.36. The zero-order chi connectivity index (χ0) is 16.7. The maximum Gasteiger partial charge on any atom is 0.224 e. The van der Waals surface area contributed by atoms with E-state index in [2.05, 4.69) is 15.7 Å². The van der Waals surface area contributed by atoms with E-state index in [1.807, 2.05) is 44.2 Å². The molecule has 0 saturated carbocycles. The Labute approximate surface area is 142 Å². The van der Waals surface area contributed by atoms with Gasteiger partial charge < -0.3 is 11.1 Å². The van der Waals surface area contributed by atoms with Crippen LogP contribution in [0.2, 0.25) is 0 Å². The molecule has 2 aromatic rings. The number of rotatable bonds is 8. The molecule has 4 nitrogen and oxygen atoms in total. The Bertz CT molecular complexity index is 612. The molecule has 0 fully saturated rings. The Balaban J connectivity index is 1.67. The summed E-state index contributed by atoms with van der Waals surface area (Å²) in [6.07, 6.45) is 2.97. The number of aryl methyl sites for hydroxylation is 2. The Morgan fingerprint density at radius 1 is 1.30 bits per heavy atom. The van der Waals surface area contributed by atoms with Crippen molar-refractivity contribution in [3.8, 4) is 0 Å². The molecule has 2 unspecified atom stereocenters. The van der Waals surface area contributed by atoms with E-state index in [9.17, 15) is 4.79 Å². The standard InChI is InChI=1S/C18H25N3OS/c1-13-12-23-16(21-13)10-6-7-11-20-18(22)14(2)17(19)15-8-4-3-5-9-15/h3-5,8-9,12,14,17H,6-7,10-11,19H2,1-2H3,(H,20,22). The topological polar surface area (TPSA) is 68.0 Å². The Kier molecular flexibility index (Phi) is 6.74. The summed E-state index contributed by atoms with van der Waals surface area (Å²) in [6, 6.07) is 9.50. The number of nitrogens with zero attached hydrogens (tertiary/aromatic N) is 1. The molecule has 1 amide bonds. The lowest BCUT2D eigenvalue weighted by Gasteiger charge is -2.19. The maximum absolute atomic E-state index is 12.2. The van der Waals surface area contributed by atoms with Crippen LogP contribution in [0.25, 0.3) is 0 Å². The average molecular weight is 331 g/mol. The van der Waals surface area contributed by atoms with Gasteiger partial charge in [-0.3, -0.25) is 4.79 Å². The second kappa shape index (κ2) is 8.79. The molecule has 0 radical (unpaired) electrons. The molecule has 1 aromatic heterocycles. The molecule has 3 N–H and O–H groups in total. The van der Waals surface area contributed by atoms with Gasteiger partial charge in [0.2, 0.25) is 5.91 Å². The van der Waals surface area contributed by atoms with Crippen LogP contribution in [0.15, 0.2) is 35.7 Å². The number of hydrogen-bond donors (Lipinski definition) is 2. The average Bonchev–Trinajstić information content (AvgIpc) is 2.99. The predicted octanol–water partition coefficient (Wildman–Crippen LogP) is 3.23. The summed E-state index contributed by atoms with van der Waals surface area (Å²) in [5.41, 5.74) is 8.26. The van der Waals surface area contributed by atoms with Gasteiger partial charge in [-0.25, -0.2) is 4.98 Å². The van der Waals surface area contributed by atoms with Crippen molar-refractivity contribution < 1.29 is 4.79 Å². The molecule has 23 heavy (non-hydrogen) atoms. The molecule has 0 bridgehead atoms. The maximum atomic E-state index is 12.2. The van der Waals surface area contributed by atoms with Crippen LogP contribution in [0.1, 0.15) is 42.1 Å². The summed E-state index contributed by atoms with van der Waals surface area (Å²) < 4.78 is 0. The predicted molar refractivity (Wildman–Crippen MR) is 95.3 cm³/mol. The summed E-state index contributed by atoms with van der Waals surface area (Å²) >= 11 is 1.71. The first kappa shape index (κ1) is 17.6. The van der Waals surface area contributed by atoms with Crippen LogP contribution in [-0.2, 0) is 11.2 Å². The smallest absolute Gasteiger partial charge is 0.224 e. The summed E-state index contributed by atoms with van der Waals surface area (Å²) in [5, 5.41) is 6.24. The fourth-order valence-electron chi connectivity index (χ4n) is 2.42. The van der Waals surface area contributed by atoms with E-state index in [1.165, 1.54) is 5.01 Å². The molecule has 124 valence electrons. The molecule has 5 heteroatoms. The molecular weight excluding hydrogens is 306 g/mol. The monoisotopic (exact) mass is 331 g/mol. The number of thiazole rings is 1. The van der Waals surface area contributed by atoms with Gasteiger partial charge in [0.05, 0.1) is 10.9 Å². The fraction of sp³-hybridized carbons (Fsp3) is 0.444. The van der Waals surface area contributed by atoms with Gasteiger partial charge in [-0.15, -0.1) is 11.3 Å². The van der Waals surface area contributed by atoms with Crippen molar-refractivity contribution in [1.29, 1.82) is 0 Å². The van der Waals surface area contributed by atoms with E-state index in [4.69, 9.17) is 5.73 Å². The molecule has 0 aliphatic heterocycles. The highest BCUT2D eigenvalue weighted by Crippen LogP contribution is 2.19. The Morgan fingerprint density at radius 2 is 2.04 bits per heavy atom. The van der Waals surface area contributed by atoms with Gasteiger partial charge in [0.1, 0.15) is 0 Å². The quantitative estimate of drug-likeness (QED) is 0.730. The zero-order valence-corrected chi connectivity index (χ0v) is 14.6. The Hall–Kier alpha value is -1.72. The molecule has 0 spiro atoms. The van der Waals surface area contributed by atoms with Crippen molar-refractivity contribution >= 4 is 17.2 Å². The highest BCUT2D eigenvalue weighted by atomic mass is 32.1. The summed E-state index contributed by atoms with van der Waals surface area (Å²) in [7, 11) is 0. The summed E-state index contributed by atoms with van der Waals surface area (Å²) in [4.78, 5) is 16.6. The van der Waals surface area contributed by atoms with Crippen molar-refractivity contribution in [2.75, 3.05) is 6.54 Å². The molecule has 2 rings (SSSR count). The van der Waals surface area contributed by atoms with E-state index < -0.39 is 0 Å². The minimum atomic E-state index is -0.269. The largest absolute Gasteiger partial charge is 0.356 e. The third-order valence-electron chi connectivity index (χ3n) is 3.92. The van der Waals surface area contributed by atoms with Crippen LogP contribution in [0, 0.1) is 12.8 Å². The van der Waals surface area contributed by atoms with Crippen LogP contribution >= 0.6 is 11.3 Å². The number of carbonyl (C=O) groups excluding carboxylic acids is 1. The highest BCUT2D eigenvalue weighted by molar-refractivity contribution is 7.09. The van der Waals surface area contributed by atoms with Gasteiger partial charge >= 0.3 is 0 Å². The van der Waals surface area contributed by atoms with Gasteiger partial charge in [0.15, 0.2) is 0 Å². The van der Waals surface area contributed by atoms with Gasteiger partial charge in [-0.2, -0.15) is 0 Å². The van der Waals surface area contributed by atoms with Crippen LogP contribution in [0.4, 0.5) is 0 Å². The van der Waals surface area contributed by atoms with Gasteiger partial charge in [0, 0.05) is 23.7 Å². The molecule has 1 heterocycles. The van der Waals surface area contributed by atoms with Gasteiger partial charge in [-0.1, -0.05) is 37.3 Å². The number of hydrogen-bond acceptors (Lipinski definition) is 4. The minimum absolute atomic E-state index is 0.0199. The van der Waals surface area contributed by atoms with Crippen molar-refractivity contribution in [3.05, 3.63) is 52.0 Å². The molecule has 0 saturated heterocycles. The van der Waals surface area contributed by atoms with Crippen LogP contribution < -0.4 is 11.1 Å². The number of carbonyl (C=O) groups is 1. The number of nitrogens with one attached hydrogen (secondary N) is 1. The second-order valence-corrected chi connectivity index (χ2v) is 6.80. The SMILES string of the molecule is Cc1csc(CCCCNC(=O)C(C)C(N)c2ccccc2)n1. The Morgan fingerprint density at radius 3 is 2.70 bits per heavy atom. The number of nitrogens with two attached hydrogens (primary N) is 1. The van der Waals surface area contributed by atoms with Crippen LogP contribution in [0.3, 0.4) is 0 Å². The summed E-state index contributed by atoms with van der Waals surface area (Å²) in [6.45, 7) is 4.58. The molecule has 1 aromatic carbocycles. The molecule has 0 aliphatic carbocycles. The van der Waals surface area contributed by atoms with E-state index in [-0.39, 0.29) is 17.9 Å².